The molecule has 0 fully saturated rings. The fourth-order valence-corrected chi connectivity index (χ4v) is 2.45. The van der Waals surface area contributed by atoms with Crippen molar-refractivity contribution in [1.29, 1.82) is 0 Å². The van der Waals surface area contributed by atoms with E-state index in [1.807, 2.05) is 19.1 Å². The Morgan fingerprint density at radius 2 is 1.32 bits per heavy atom. The van der Waals surface area contributed by atoms with Gasteiger partial charge in [0.25, 0.3) is 0 Å². The molecule has 0 saturated carbocycles. The Labute approximate surface area is 163 Å². The molecule has 0 aliphatic rings. The molecule has 0 aromatic heterocycles. The van der Waals surface area contributed by atoms with Gasteiger partial charge in [0, 0.05) is 16.8 Å². The third kappa shape index (κ3) is 5.23. The van der Waals surface area contributed by atoms with E-state index in [1.54, 1.807) is 36.4 Å². The topological polar surface area (TPSA) is 98.8 Å². The van der Waals surface area contributed by atoms with E-state index in [0.29, 0.717) is 16.8 Å². The van der Waals surface area contributed by atoms with Crippen LogP contribution in [0.15, 0.2) is 61.7 Å². The molecule has 0 bridgehead atoms. The summed E-state index contributed by atoms with van der Waals surface area (Å²) in [6.45, 7) is 10.7. The largest absolute Gasteiger partial charge is 0.478 e. The maximum absolute atomic E-state index is 12.1. The highest BCUT2D eigenvalue weighted by molar-refractivity contribution is 5.89. The average Bonchev–Trinajstić information content (AvgIpc) is 2.64. The van der Waals surface area contributed by atoms with E-state index in [0.717, 1.165) is 5.56 Å². The number of aliphatic carboxylic acids is 1. The third-order valence-corrected chi connectivity index (χ3v) is 4.06. The van der Waals surface area contributed by atoms with Gasteiger partial charge in [0.2, 0.25) is 12.2 Å². The number of rotatable bonds is 9. The first-order valence-corrected chi connectivity index (χ1v) is 8.56. The highest BCUT2D eigenvalue weighted by Crippen LogP contribution is 2.24. The zero-order valence-corrected chi connectivity index (χ0v) is 15.8. The van der Waals surface area contributed by atoms with Gasteiger partial charge in [0.1, 0.15) is 11.5 Å². The molecule has 0 spiro atoms. The summed E-state index contributed by atoms with van der Waals surface area (Å²) in [5.41, 5.74) is 8.43. The number of nitrogens with two attached hydrogens (primary N) is 1. The summed E-state index contributed by atoms with van der Waals surface area (Å²) in [4.78, 5) is 23.9. The Kier molecular flexibility index (Phi) is 6.60. The Hall–Kier alpha value is -3.54. The van der Waals surface area contributed by atoms with Crippen LogP contribution in [0.2, 0.25) is 0 Å². The number of benzene rings is 2. The molecular formula is C22H23NO5. The summed E-state index contributed by atoms with van der Waals surface area (Å²) in [5, 5.41) is 9.61. The molecule has 2 aromatic rings. The first-order valence-electron chi connectivity index (χ1n) is 8.56. The van der Waals surface area contributed by atoms with Crippen LogP contribution in [0, 0.1) is 6.92 Å². The zero-order valence-electron chi connectivity index (χ0n) is 15.8. The highest BCUT2D eigenvalue weighted by Gasteiger charge is 2.36. The first-order chi connectivity index (χ1) is 13.2. The van der Waals surface area contributed by atoms with E-state index in [-0.39, 0.29) is 11.5 Å². The van der Waals surface area contributed by atoms with E-state index >= 15 is 0 Å². The third-order valence-electron chi connectivity index (χ3n) is 4.06. The molecule has 3 N–H and O–H groups in total. The van der Waals surface area contributed by atoms with Crippen LogP contribution < -0.4 is 5.73 Å². The number of ketones is 1. The van der Waals surface area contributed by atoms with Crippen molar-refractivity contribution in [2.45, 2.75) is 26.1 Å². The SMILES string of the molecule is C=C(O[C@@H](C(C)=O)[C@@H](OC(=C)c1ccc(C)cc1)C(=O)O)c1ccc(N)cc1. The van der Waals surface area contributed by atoms with Gasteiger partial charge in [-0.1, -0.05) is 43.0 Å². The van der Waals surface area contributed by atoms with Crippen LogP contribution in [-0.4, -0.2) is 29.1 Å². The Balaban J connectivity index is 2.21. The molecule has 0 saturated heterocycles. The van der Waals surface area contributed by atoms with Crippen molar-refractivity contribution in [3.63, 3.8) is 0 Å². The van der Waals surface area contributed by atoms with Crippen molar-refractivity contribution in [2.24, 2.45) is 0 Å². The van der Waals surface area contributed by atoms with Crippen molar-refractivity contribution in [2.75, 3.05) is 5.73 Å². The molecule has 28 heavy (non-hydrogen) atoms. The minimum absolute atomic E-state index is 0.125. The fourth-order valence-electron chi connectivity index (χ4n) is 2.45. The van der Waals surface area contributed by atoms with Gasteiger partial charge in [-0.05, 0) is 38.1 Å². The minimum Gasteiger partial charge on any atom is -0.478 e. The number of anilines is 1. The van der Waals surface area contributed by atoms with Gasteiger partial charge in [-0.15, -0.1) is 0 Å². The smallest absolute Gasteiger partial charge is 0.349 e. The second-order valence-electron chi connectivity index (χ2n) is 6.36. The van der Waals surface area contributed by atoms with Gasteiger partial charge >= 0.3 is 5.97 Å². The monoisotopic (exact) mass is 381 g/mol. The summed E-state index contributed by atoms with van der Waals surface area (Å²) in [7, 11) is 0. The molecule has 2 atom stereocenters. The van der Waals surface area contributed by atoms with Gasteiger partial charge in [0.05, 0.1) is 0 Å². The summed E-state index contributed by atoms with van der Waals surface area (Å²) in [6.07, 6.45) is -2.98. The van der Waals surface area contributed by atoms with Gasteiger partial charge in [-0.3, -0.25) is 4.79 Å². The van der Waals surface area contributed by atoms with E-state index in [4.69, 9.17) is 15.2 Å². The number of carbonyl (C=O) groups is 2. The van der Waals surface area contributed by atoms with Crippen LogP contribution in [-0.2, 0) is 19.1 Å². The standard InChI is InChI=1S/C22H23NO5/c1-13-5-7-17(8-6-13)16(4)28-21(22(25)26)20(14(2)24)27-15(3)18-9-11-19(23)12-10-18/h5-12,20-21H,3-4,23H2,1-2H3,(H,25,26)/t20-,21+/m0/s1. The van der Waals surface area contributed by atoms with Crippen LogP contribution >= 0.6 is 0 Å². The molecule has 2 aromatic carbocycles. The van der Waals surface area contributed by atoms with Crippen LogP contribution in [0.25, 0.3) is 11.5 Å². The van der Waals surface area contributed by atoms with Crippen LogP contribution in [0.4, 0.5) is 5.69 Å². The van der Waals surface area contributed by atoms with Gasteiger partial charge < -0.3 is 20.3 Å². The Morgan fingerprint density at radius 1 is 0.893 bits per heavy atom. The van der Waals surface area contributed by atoms with Crippen LogP contribution in [0.3, 0.4) is 0 Å². The number of carboxylic acid groups (broad SMARTS) is 1. The lowest BCUT2D eigenvalue weighted by Crippen LogP contribution is -2.42. The van der Waals surface area contributed by atoms with E-state index in [1.165, 1.54) is 6.92 Å². The van der Waals surface area contributed by atoms with E-state index in [9.17, 15) is 14.7 Å². The lowest BCUT2D eigenvalue weighted by Gasteiger charge is -2.25. The maximum Gasteiger partial charge on any atom is 0.349 e. The lowest BCUT2D eigenvalue weighted by atomic mass is 10.1. The fraction of sp³-hybridized carbons (Fsp3) is 0.182. The normalized spacial score (nSPS) is 12.5. The number of Topliss-reactive ketones (excluding diaryl/α,β-unsaturated/α-hetero) is 1. The van der Waals surface area contributed by atoms with Gasteiger partial charge in [0.15, 0.2) is 5.78 Å². The molecule has 0 amide bonds. The van der Waals surface area contributed by atoms with Crippen LogP contribution in [0.5, 0.6) is 0 Å². The predicted octanol–water partition coefficient (Wildman–Crippen LogP) is 3.66. The molecule has 6 heteroatoms. The first kappa shape index (κ1) is 20.8. The quantitative estimate of drug-likeness (QED) is 0.508. The van der Waals surface area contributed by atoms with Crippen molar-refractivity contribution in [3.8, 4) is 0 Å². The van der Waals surface area contributed by atoms with Gasteiger partial charge in [-0.25, -0.2) is 4.79 Å². The van der Waals surface area contributed by atoms with Crippen LogP contribution in [0.1, 0.15) is 23.6 Å². The van der Waals surface area contributed by atoms with Gasteiger partial charge in [-0.2, -0.15) is 0 Å². The lowest BCUT2D eigenvalue weighted by molar-refractivity contribution is -0.156. The second-order valence-corrected chi connectivity index (χ2v) is 6.36. The van der Waals surface area contributed by atoms with E-state index < -0.39 is 24.0 Å². The molecule has 0 unspecified atom stereocenters. The summed E-state index contributed by atoms with van der Waals surface area (Å²) >= 11 is 0. The number of hydrogen-bond acceptors (Lipinski definition) is 5. The number of nitrogen functional groups attached to an aromatic ring is 1. The molecule has 0 heterocycles. The molecule has 6 nitrogen and oxygen atoms in total. The average molecular weight is 381 g/mol. The van der Waals surface area contributed by atoms with Crippen molar-refractivity contribution in [1.82, 2.24) is 0 Å². The van der Waals surface area contributed by atoms with Crippen molar-refractivity contribution < 1.29 is 24.2 Å². The summed E-state index contributed by atoms with van der Waals surface area (Å²) in [6, 6.07) is 13.8. The van der Waals surface area contributed by atoms with E-state index in [2.05, 4.69) is 13.2 Å². The second kappa shape index (κ2) is 8.90. The zero-order chi connectivity index (χ0) is 20.8. The minimum atomic E-state index is -1.59. The Bertz CT molecular complexity index is 809. The molecule has 0 aliphatic heterocycles. The molecule has 0 aliphatic carbocycles. The number of carboxylic acids is 1. The molecular weight excluding hydrogens is 358 g/mol. The number of hydrogen-bond donors (Lipinski definition) is 2. The number of carbonyl (C=O) groups excluding carboxylic acids is 1. The number of ether oxygens (including phenoxy) is 2. The summed E-state index contributed by atoms with van der Waals surface area (Å²) in [5.74, 6) is -1.60. The molecule has 2 rings (SSSR count). The maximum atomic E-state index is 12.1. The molecule has 146 valence electrons. The predicted molar refractivity (Wildman–Crippen MR) is 108 cm³/mol. The molecule has 0 radical (unpaired) electrons. The number of aryl methyl sites for hydroxylation is 1. The highest BCUT2D eigenvalue weighted by atomic mass is 16.6. The summed E-state index contributed by atoms with van der Waals surface area (Å²) < 4.78 is 11.1. The Morgan fingerprint density at radius 3 is 1.75 bits per heavy atom. The van der Waals surface area contributed by atoms with Crippen molar-refractivity contribution >= 4 is 29.0 Å². The van der Waals surface area contributed by atoms with Crippen molar-refractivity contribution in [3.05, 3.63) is 78.4 Å².